The van der Waals surface area contributed by atoms with Gasteiger partial charge in [0.1, 0.15) is 5.82 Å². The fraction of sp³-hybridized carbons (Fsp3) is 0.636. The van der Waals surface area contributed by atoms with Crippen LogP contribution in [0.2, 0.25) is 0 Å². The molecule has 1 aromatic heterocycles. The molecule has 1 aliphatic heterocycles. The first-order chi connectivity index (χ1) is 7.76. The molecule has 0 amide bonds. The first-order valence-corrected chi connectivity index (χ1v) is 6.60. The van der Waals surface area contributed by atoms with E-state index in [1.165, 1.54) is 5.56 Å². The Labute approximate surface area is 100 Å². The molecule has 16 heavy (non-hydrogen) atoms. The van der Waals surface area contributed by atoms with Crippen molar-refractivity contribution < 1.29 is 4.74 Å². The van der Waals surface area contributed by atoms with Crippen LogP contribution >= 0.6 is 11.8 Å². The maximum absolute atomic E-state index is 5.36. The Hall–Kier alpha value is -0.810. The van der Waals surface area contributed by atoms with E-state index in [1.54, 1.807) is 7.11 Å². The Morgan fingerprint density at radius 2 is 2.25 bits per heavy atom. The van der Waals surface area contributed by atoms with E-state index in [0.717, 1.165) is 35.3 Å². The molecule has 0 aromatic carbocycles. The van der Waals surface area contributed by atoms with Crippen LogP contribution in [0.1, 0.15) is 30.0 Å². The monoisotopic (exact) mass is 239 g/mol. The van der Waals surface area contributed by atoms with Crippen molar-refractivity contribution in [3.8, 4) is 5.88 Å². The van der Waals surface area contributed by atoms with E-state index < -0.39 is 0 Å². The standard InChI is InChI=1S/C11H17N3OS/c1-7(12-2)10-13-9-6-16-5-4-8(9)11(14-10)15-3/h7,12H,4-6H2,1-3H3. The number of methoxy groups -OCH3 is 1. The van der Waals surface area contributed by atoms with Gasteiger partial charge in [0.05, 0.1) is 18.8 Å². The number of fused-ring (bicyclic) bond motifs is 1. The maximum Gasteiger partial charge on any atom is 0.219 e. The lowest BCUT2D eigenvalue weighted by molar-refractivity contribution is 0.385. The van der Waals surface area contributed by atoms with Crippen molar-refractivity contribution in [3.63, 3.8) is 0 Å². The van der Waals surface area contributed by atoms with Crippen molar-refractivity contribution in [2.45, 2.75) is 25.1 Å². The van der Waals surface area contributed by atoms with Crippen LogP contribution in [-0.4, -0.2) is 29.9 Å². The molecule has 1 aromatic rings. The van der Waals surface area contributed by atoms with Crippen molar-refractivity contribution in [1.29, 1.82) is 0 Å². The summed E-state index contributed by atoms with van der Waals surface area (Å²) in [4.78, 5) is 9.09. The molecule has 0 aliphatic carbocycles. The van der Waals surface area contributed by atoms with E-state index in [0.29, 0.717) is 0 Å². The quantitative estimate of drug-likeness (QED) is 0.867. The minimum Gasteiger partial charge on any atom is -0.481 e. The zero-order valence-corrected chi connectivity index (χ0v) is 10.7. The van der Waals surface area contributed by atoms with Crippen LogP contribution in [0.5, 0.6) is 5.88 Å². The highest BCUT2D eigenvalue weighted by Crippen LogP contribution is 2.29. The van der Waals surface area contributed by atoms with Gasteiger partial charge in [0.15, 0.2) is 0 Å². The molecular formula is C11H17N3OS. The van der Waals surface area contributed by atoms with Crippen molar-refractivity contribution in [3.05, 3.63) is 17.1 Å². The second-order valence-corrected chi connectivity index (χ2v) is 4.93. The first-order valence-electron chi connectivity index (χ1n) is 5.45. The molecule has 2 heterocycles. The fourth-order valence-electron chi connectivity index (χ4n) is 1.73. The summed E-state index contributed by atoms with van der Waals surface area (Å²) in [5.74, 6) is 3.67. The van der Waals surface area contributed by atoms with E-state index >= 15 is 0 Å². The van der Waals surface area contributed by atoms with Gasteiger partial charge < -0.3 is 10.1 Å². The van der Waals surface area contributed by atoms with Crippen LogP contribution < -0.4 is 10.1 Å². The summed E-state index contributed by atoms with van der Waals surface area (Å²) >= 11 is 1.92. The average molecular weight is 239 g/mol. The molecule has 1 atom stereocenters. The first kappa shape index (κ1) is 11.7. The number of hydrogen-bond donors (Lipinski definition) is 1. The summed E-state index contributed by atoms with van der Waals surface area (Å²) in [6.07, 6.45) is 1.01. The molecule has 4 nitrogen and oxygen atoms in total. The number of nitrogens with zero attached hydrogens (tertiary/aromatic N) is 2. The Kier molecular flexibility index (Phi) is 3.66. The maximum atomic E-state index is 5.36. The Morgan fingerprint density at radius 3 is 2.94 bits per heavy atom. The highest BCUT2D eigenvalue weighted by molar-refractivity contribution is 7.98. The molecule has 2 rings (SSSR count). The van der Waals surface area contributed by atoms with Gasteiger partial charge >= 0.3 is 0 Å². The normalized spacial score (nSPS) is 16.7. The van der Waals surface area contributed by atoms with Crippen LogP contribution in [0.15, 0.2) is 0 Å². The van der Waals surface area contributed by atoms with Crippen molar-refractivity contribution >= 4 is 11.8 Å². The van der Waals surface area contributed by atoms with E-state index in [2.05, 4.69) is 22.2 Å². The molecule has 0 bridgehead atoms. The van der Waals surface area contributed by atoms with Gasteiger partial charge in [-0.3, -0.25) is 0 Å². The van der Waals surface area contributed by atoms with Crippen molar-refractivity contribution in [1.82, 2.24) is 15.3 Å². The minimum absolute atomic E-state index is 0.158. The molecule has 1 unspecified atom stereocenters. The third-order valence-electron chi connectivity index (χ3n) is 2.82. The summed E-state index contributed by atoms with van der Waals surface area (Å²) in [6.45, 7) is 2.05. The molecule has 0 radical (unpaired) electrons. The SMILES string of the molecule is CNC(C)c1nc2c(c(OC)n1)CCSC2. The zero-order chi connectivity index (χ0) is 11.5. The summed E-state index contributed by atoms with van der Waals surface area (Å²) in [7, 11) is 3.59. The minimum atomic E-state index is 0.158. The smallest absolute Gasteiger partial charge is 0.219 e. The lowest BCUT2D eigenvalue weighted by Crippen LogP contribution is -2.19. The summed E-state index contributed by atoms with van der Waals surface area (Å²) in [5.41, 5.74) is 2.33. The summed E-state index contributed by atoms with van der Waals surface area (Å²) < 4.78 is 5.36. The summed E-state index contributed by atoms with van der Waals surface area (Å²) in [6, 6.07) is 0.158. The lowest BCUT2D eigenvalue weighted by Gasteiger charge is -2.19. The third kappa shape index (κ3) is 2.15. The van der Waals surface area contributed by atoms with Gasteiger partial charge in [-0.25, -0.2) is 4.98 Å². The van der Waals surface area contributed by atoms with Crippen LogP contribution in [0.4, 0.5) is 0 Å². The van der Waals surface area contributed by atoms with Crippen molar-refractivity contribution in [2.75, 3.05) is 19.9 Å². The molecule has 0 saturated heterocycles. The Balaban J connectivity index is 2.43. The molecule has 5 heteroatoms. The highest BCUT2D eigenvalue weighted by atomic mass is 32.2. The molecule has 88 valence electrons. The van der Waals surface area contributed by atoms with Crippen LogP contribution in [-0.2, 0) is 12.2 Å². The Morgan fingerprint density at radius 1 is 1.44 bits per heavy atom. The van der Waals surface area contributed by atoms with E-state index in [1.807, 2.05) is 18.8 Å². The third-order valence-corrected chi connectivity index (χ3v) is 3.79. The van der Waals surface area contributed by atoms with Gasteiger partial charge in [0.2, 0.25) is 5.88 Å². The van der Waals surface area contributed by atoms with Crippen LogP contribution in [0, 0.1) is 0 Å². The molecular weight excluding hydrogens is 222 g/mol. The second-order valence-electron chi connectivity index (χ2n) is 3.83. The summed E-state index contributed by atoms with van der Waals surface area (Å²) in [5, 5.41) is 3.15. The topological polar surface area (TPSA) is 47.0 Å². The molecule has 0 spiro atoms. The van der Waals surface area contributed by atoms with Gasteiger partial charge in [-0.05, 0) is 26.1 Å². The molecule has 1 aliphatic rings. The van der Waals surface area contributed by atoms with E-state index in [-0.39, 0.29) is 6.04 Å². The zero-order valence-electron chi connectivity index (χ0n) is 9.91. The van der Waals surface area contributed by atoms with Crippen molar-refractivity contribution in [2.24, 2.45) is 0 Å². The average Bonchev–Trinajstić information content (AvgIpc) is 2.36. The van der Waals surface area contributed by atoms with E-state index in [4.69, 9.17) is 4.74 Å². The number of thioether (sulfide) groups is 1. The highest BCUT2D eigenvalue weighted by Gasteiger charge is 2.20. The van der Waals surface area contributed by atoms with Crippen LogP contribution in [0.3, 0.4) is 0 Å². The van der Waals surface area contributed by atoms with Crippen LogP contribution in [0.25, 0.3) is 0 Å². The predicted octanol–water partition coefficient (Wildman–Crippen LogP) is 1.55. The number of ether oxygens (including phenoxy) is 1. The largest absolute Gasteiger partial charge is 0.481 e. The van der Waals surface area contributed by atoms with Gasteiger partial charge in [0, 0.05) is 11.3 Å². The Bertz CT molecular complexity index is 366. The second kappa shape index (κ2) is 5.01. The predicted molar refractivity (Wildman–Crippen MR) is 65.9 cm³/mol. The fourth-order valence-corrected chi connectivity index (χ4v) is 2.66. The van der Waals surface area contributed by atoms with E-state index in [9.17, 15) is 0 Å². The lowest BCUT2D eigenvalue weighted by atomic mass is 10.1. The number of nitrogens with one attached hydrogen (secondary N) is 1. The number of rotatable bonds is 3. The molecule has 1 N–H and O–H groups in total. The van der Waals surface area contributed by atoms with Gasteiger partial charge in [-0.15, -0.1) is 0 Å². The molecule has 0 fully saturated rings. The van der Waals surface area contributed by atoms with Gasteiger partial charge in [-0.2, -0.15) is 16.7 Å². The molecule has 0 saturated carbocycles. The number of aromatic nitrogens is 2. The number of hydrogen-bond acceptors (Lipinski definition) is 5. The van der Waals surface area contributed by atoms with Gasteiger partial charge in [-0.1, -0.05) is 0 Å². The van der Waals surface area contributed by atoms with Gasteiger partial charge in [0.25, 0.3) is 0 Å².